The minimum Gasteiger partial charge on any atom is -1.00 e. The van der Waals surface area contributed by atoms with Crippen LogP contribution in [-0.4, -0.2) is 39.5 Å². The molecule has 0 aliphatic heterocycles. The van der Waals surface area contributed by atoms with Crippen molar-refractivity contribution < 1.29 is 51.0 Å². The number of hydrogen-bond donors (Lipinski definition) is 0. The van der Waals surface area contributed by atoms with E-state index < -0.39 is 39.5 Å². The van der Waals surface area contributed by atoms with Gasteiger partial charge in [-0.2, -0.15) is 18.2 Å². The van der Waals surface area contributed by atoms with Gasteiger partial charge in [-0.05, 0) is 0 Å². The molecule has 0 spiro atoms. The first-order valence-corrected chi connectivity index (χ1v) is 21.8. The molecule has 1 aromatic carbocycles. The third-order valence-corrected chi connectivity index (χ3v) is 0.556. The first-order chi connectivity index (χ1) is 5.96. The van der Waals surface area contributed by atoms with Gasteiger partial charge in [0.25, 0.3) is 0 Å². The fraction of sp³-hybridized carbons (Fsp3) is 0.545. The third kappa shape index (κ3) is 71.0. The van der Waals surface area contributed by atoms with E-state index in [4.69, 9.17) is 0 Å². The van der Waals surface area contributed by atoms with Crippen molar-refractivity contribution in [3.05, 3.63) is 30.3 Å². The molecule has 3 radical (unpaired) electrons. The summed E-state index contributed by atoms with van der Waals surface area (Å²) in [5.74, 6) is 0. The van der Waals surface area contributed by atoms with Gasteiger partial charge in [-0.3, -0.25) is 0 Å². The van der Waals surface area contributed by atoms with Gasteiger partial charge < -0.3 is 24.8 Å². The molecule has 93 valence electrons. The minimum atomic E-state index is -0.543. The smallest absolute Gasteiger partial charge is 1.00 e. The van der Waals surface area contributed by atoms with E-state index >= 15 is 0 Å². The fourth-order valence-corrected chi connectivity index (χ4v) is 0.321. The van der Waals surface area contributed by atoms with Crippen LogP contribution in [-0.2, 0) is 26.2 Å². The van der Waals surface area contributed by atoms with Gasteiger partial charge in [0, 0.05) is 0 Å². The second-order valence-corrected chi connectivity index (χ2v) is 21.1. The Kier molecular flexibility index (Phi) is 50.6. The van der Waals surface area contributed by atoms with Gasteiger partial charge in [0.05, 0.1) is 0 Å². The number of rotatable bonds is 0. The van der Waals surface area contributed by atoms with Crippen LogP contribution in [0.25, 0.3) is 0 Å². The van der Waals surface area contributed by atoms with Crippen LogP contribution in [0.2, 0.25) is 29.6 Å². The van der Waals surface area contributed by atoms with E-state index in [1.807, 2.05) is 30.3 Å². The monoisotopic (exact) mass is 555 g/mol. The summed E-state index contributed by atoms with van der Waals surface area (Å²) in [5.41, 5.74) is 0. The third-order valence-electron chi connectivity index (χ3n) is 0.556. The quantitative estimate of drug-likeness (QED) is 0.261. The van der Waals surface area contributed by atoms with Crippen LogP contribution < -0.4 is 24.8 Å². The van der Waals surface area contributed by atoms with Gasteiger partial charge >= 0.3 is 95.4 Å². The van der Waals surface area contributed by atoms with Crippen LogP contribution in [0, 0.1) is 0 Å². The predicted molar refractivity (Wildman–Crippen MR) is 68.7 cm³/mol. The van der Waals surface area contributed by atoms with E-state index in [-0.39, 0.29) is 51.0 Å². The average Bonchev–Trinajstić information content (AvgIpc) is 2.35. The van der Waals surface area contributed by atoms with Crippen molar-refractivity contribution in [3.63, 3.8) is 0 Å². The van der Waals surface area contributed by atoms with E-state index in [2.05, 4.69) is 29.6 Å². The molecule has 0 amide bonds. The summed E-state index contributed by atoms with van der Waals surface area (Å²) in [6, 6.07) is 10.0. The van der Waals surface area contributed by atoms with E-state index in [0.717, 1.165) is 0 Å². The fourth-order valence-electron chi connectivity index (χ4n) is 0.321. The van der Waals surface area contributed by atoms with Crippen LogP contribution in [0.1, 0.15) is 0 Å². The molecule has 1 rings (SSSR count). The molecule has 0 saturated heterocycles. The largest absolute Gasteiger partial charge is 3.00 e. The molecule has 16 heavy (non-hydrogen) atoms. The summed E-state index contributed by atoms with van der Waals surface area (Å²) in [6.45, 7) is 0. The van der Waals surface area contributed by atoms with E-state index in [1.165, 1.54) is 0 Å². The van der Waals surface area contributed by atoms with Crippen LogP contribution in [0.4, 0.5) is 0 Å². The maximum atomic E-state index is 2.36. The summed E-state index contributed by atoms with van der Waals surface area (Å²) in [5, 5.41) is 0. The molecule has 0 bridgehead atoms. The summed E-state index contributed by atoms with van der Waals surface area (Å²) in [4.78, 5) is 14.2. The van der Waals surface area contributed by atoms with Gasteiger partial charge in [0.15, 0.2) is 0 Å². The maximum absolute atomic E-state index is 2.36. The molecule has 0 saturated carbocycles. The molecule has 0 heterocycles. The second kappa shape index (κ2) is 26.1. The molecule has 0 atom stereocenters. The van der Waals surface area contributed by atoms with Crippen LogP contribution in [0.15, 0.2) is 30.3 Å². The standard InChI is InChI=1S/C5H5.6CH3.2ClH.2Sn.Zr/c1-2-4-5-3-1;;;;;;;;;;;/h1-5H;6*1H3;2*1H;;;/q-1;;;;;;;;;;;+3/p-2. The first-order valence-electron chi connectivity index (χ1n) is 4.67. The van der Waals surface area contributed by atoms with Crippen molar-refractivity contribution in [1.29, 1.82) is 0 Å². The molecular formula is C11H23Cl2Sn2Zr. The van der Waals surface area contributed by atoms with Gasteiger partial charge in [-0.25, -0.2) is 12.1 Å². The van der Waals surface area contributed by atoms with E-state index in [0.29, 0.717) is 0 Å². The second-order valence-electron chi connectivity index (χ2n) is 3.96. The maximum Gasteiger partial charge on any atom is 3.00 e. The van der Waals surface area contributed by atoms with Crippen LogP contribution >= 0.6 is 0 Å². The van der Waals surface area contributed by atoms with Crippen molar-refractivity contribution in [2.75, 3.05) is 0 Å². The summed E-state index contributed by atoms with van der Waals surface area (Å²) < 4.78 is 0. The Labute approximate surface area is 148 Å². The van der Waals surface area contributed by atoms with Crippen molar-refractivity contribution in [3.8, 4) is 0 Å². The molecule has 0 N–H and O–H groups in total. The topological polar surface area (TPSA) is 0 Å². The Morgan fingerprint density at radius 3 is 0.938 bits per heavy atom. The minimum absolute atomic E-state index is 0. The zero-order chi connectivity index (χ0) is 10.7. The Morgan fingerprint density at radius 2 is 0.875 bits per heavy atom. The Bertz CT molecular complexity index is 128. The number of halogens is 2. The first kappa shape index (κ1) is 31.0. The van der Waals surface area contributed by atoms with Crippen molar-refractivity contribution in [1.82, 2.24) is 0 Å². The molecule has 0 fully saturated rings. The van der Waals surface area contributed by atoms with Crippen molar-refractivity contribution in [2.45, 2.75) is 29.6 Å². The van der Waals surface area contributed by atoms with Gasteiger partial charge in [0.1, 0.15) is 0 Å². The molecular weight excluding hydrogens is 532 g/mol. The van der Waals surface area contributed by atoms with Gasteiger partial charge in [-0.15, -0.1) is 0 Å². The molecule has 1 aromatic rings. The molecule has 5 heteroatoms. The van der Waals surface area contributed by atoms with Gasteiger partial charge in [-0.1, -0.05) is 0 Å². The van der Waals surface area contributed by atoms with Crippen LogP contribution in [0.3, 0.4) is 0 Å². The molecule has 0 nitrogen and oxygen atoms in total. The normalized spacial score (nSPS) is 7.00. The van der Waals surface area contributed by atoms with E-state index in [9.17, 15) is 0 Å². The Balaban J connectivity index is -0.0000000350. The average molecular weight is 555 g/mol. The zero-order valence-corrected chi connectivity index (χ0v) is 20.8. The Morgan fingerprint density at radius 1 is 0.688 bits per heavy atom. The summed E-state index contributed by atoms with van der Waals surface area (Å²) >= 11 is -1.09. The Hall–Kier alpha value is 2.41. The van der Waals surface area contributed by atoms with Crippen molar-refractivity contribution in [2.24, 2.45) is 0 Å². The summed E-state index contributed by atoms with van der Waals surface area (Å²) in [7, 11) is 0. The summed E-state index contributed by atoms with van der Waals surface area (Å²) in [6.07, 6.45) is 0. The van der Waals surface area contributed by atoms with Crippen LogP contribution in [0.5, 0.6) is 0 Å². The number of hydrogen-bond acceptors (Lipinski definition) is 0. The predicted octanol–water partition coefficient (Wildman–Crippen LogP) is -1.85. The molecule has 0 unspecified atom stereocenters. The zero-order valence-electron chi connectivity index (χ0n) is 11.1. The van der Waals surface area contributed by atoms with E-state index in [1.54, 1.807) is 0 Å². The molecule has 0 aromatic heterocycles. The van der Waals surface area contributed by atoms with Crippen molar-refractivity contribution >= 4 is 39.5 Å². The molecule has 0 aliphatic rings. The molecule has 0 aliphatic carbocycles. The van der Waals surface area contributed by atoms with Gasteiger partial charge in [0.2, 0.25) is 0 Å². The SMILES string of the molecule is [CH3][Sn]([CH3])[CH3].[CH3][Sn]([CH3])[CH3].[Cl-].[Cl-].[Zr+3].c1cc[cH-]c1.